The number of nitrogens with two attached hydrogens (primary N) is 1. The summed E-state index contributed by atoms with van der Waals surface area (Å²) in [6, 6.07) is 7.40. The molecule has 0 amide bonds. The Morgan fingerprint density at radius 1 is 1.25 bits per heavy atom. The summed E-state index contributed by atoms with van der Waals surface area (Å²) in [5, 5.41) is 3.84. The minimum atomic E-state index is -2.46. The number of anilines is 2. The van der Waals surface area contributed by atoms with Crippen molar-refractivity contribution in [3.63, 3.8) is 0 Å². The SMILES string of the molecule is NNc1nc(NCCOCC(F)F)c2ccccc2n1. The van der Waals surface area contributed by atoms with Crippen LogP contribution in [0.5, 0.6) is 0 Å². The molecular formula is C12H15F2N5O. The van der Waals surface area contributed by atoms with E-state index < -0.39 is 13.0 Å². The Bertz CT molecular complexity index is 567. The zero-order chi connectivity index (χ0) is 14.4. The van der Waals surface area contributed by atoms with Crippen molar-refractivity contribution in [1.82, 2.24) is 9.97 Å². The summed E-state index contributed by atoms with van der Waals surface area (Å²) in [7, 11) is 0. The monoisotopic (exact) mass is 283 g/mol. The second-order valence-electron chi connectivity index (χ2n) is 3.95. The smallest absolute Gasteiger partial charge is 0.261 e. The topological polar surface area (TPSA) is 85.1 Å². The molecule has 0 saturated carbocycles. The van der Waals surface area contributed by atoms with Gasteiger partial charge in [0.25, 0.3) is 6.43 Å². The van der Waals surface area contributed by atoms with Crippen molar-refractivity contribution in [3.05, 3.63) is 24.3 Å². The van der Waals surface area contributed by atoms with Crippen LogP contribution in [-0.2, 0) is 4.74 Å². The molecular weight excluding hydrogens is 268 g/mol. The number of nitrogens with zero attached hydrogens (tertiary/aromatic N) is 2. The van der Waals surface area contributed by atoms with E-state index in [1.807, 2.05) is 24.3 Å². The van der Waals surface area contributed by atoms with Gasteiger partial charge in [-0.1, -0.05) is 12.1 Å². The Balaban J connectivity index is 2.04. The van der Waals surface area contributed by atoms with Crippen LogP contribution in [0.1, 0.15) is 0 Å². The molecule has 2 rings (SSSR count). The Labute approximate surface area is 114 Å². The number of hydrogen-bond donors (Lipinski definition) is 3. The Hall–Kier alpha value is -2.06. The maximum Gasteiger partial charge on any atom is 0.261 e. The number of aromatic nitrogens is 2. The van der Waals surface area contributed by atoms with Crippen LogP contribution >= 0.6 is 0 Å². The van der Waals surface area contributed by atoms with Crippen molar-refractivity contribution in [2.75, 3.05) is 30.5 Å². The average Bonchev–Trinajstić information content (AvgIpc) is 2.46. The van der Waals surface area contributed by atoms with Gasteiger partial charge in [-0.3, -0.25) is 5.43 Å². The lowest BCUT2D eigenvalue weighted by Crippen LogP contribution is -2.16. The van der Waals surface area contributed by atoms with Crippen LogP contribution in [0, 0.1) is 0 Å². The largest absolute Gasteiger partial charge is 0.374 e. The van der Waals surface area contributed by atoms with Crippen LogP contribution in [0.4, 0.5) is 20.5 Å². The minimum Gasteiger partial charge on any atom is -0.374 e. The van der Waals surface area contributed by atoms with E-state index in [0.29, 0.717) is 12.4 Å². The van der Waals surface area contributed by atoms with Crippen LogP contribution in [-0.4, -0.2) is 36.2 Å². The minimum absolute atomic E-state index is 0.161. The molecule has 1 aromatic carbocycles. The highest BCUT2D eigenvalue weighted by molar-refractivity contribution is 5.89. The highest BCUT2D eigenvalue weighted by atomic mass is 19.3. The van der Waals surface area contributed by atoms with Gasteiger partial charge in [0.15, 0.2) is 0 Å². The van der Waals surface area contributed by atoms with E-state index in [9.17, 15) is 8.78 Å². The summed E-state index contributed by atoms with van der Waals surface area (Å²) < 4.78 is 28.6. The molecule has 0 fully saturated rings. The molecule has 0 bridgehead atoms. The number of para-hydroxylation sites is 1. The highest BCUT2D eigenvalue weighted by Gasteiger charge is 2.06. The Morgan fingerprint density at radius 3 is 2.80 bits per heavy atom. The molecule has 20 heavy (non-hydrogen) atoms. The van der Waals surface area contributed by atoms with Gasteiger partial charge in [0.2, 0.25) is 5.95 Å². The molecule has 8 heteroatoms. The van der Waals surface area contributed by atoms with E-state index in [0.717, 1.165) is 10.9 Å². The fraction of sp³-hybridized carbons (Fsp3) is 0.333. The number of nitrogens with one attached hydrogen (secondary N) is 2. The van der Waals surface area contributed by atoms with Crippen molar-refractivity contribution < 1.29 is 13.5 Å². The van der Waals surface area contributed by atoms with Gasteiger partial charge in [-0.2, -0.15) is 4.98 Å². The lowest BCUT2D eigenvalue weighted by atomic mass is 10.2. The molecule has 0 unspecified atom stereocenters. The van der Waals surface area contributed by atoms with E-state index in [1.165, 1.54) is 0 Å². The molecule has 0 aliphatic rings. The van der Waals surface area contributed by atoms with Crippen LogP contribution < -0.4 is 16.6 Å². The molecule has 0 radical (unpaired) electrons. The lowest BCUT2D eigenvalue weighted by Gasteiger charge is -2.10. The van der Waals surface area contributed by atoms with Gasteiger partial charge in [-0.25, -0.2) is 19.6 Å². The van der Waals surface area contributed by atoms with Crippen molar-refractivity contribution >= 4 is 22.7 Å². The van der Waals surface area contributed by atoms with E-state index in [-0.39, 0.29) is 12.6 Å². The molecule has 0 atom stereocenters. The predicted octanol–water partition coefficient (Wildman–Crippen LogP) is 1.61. The molecule has 4 N–H and O–H groups in total. The number of nitrogen functional groups attached to an aromatic ring is 1. The van der Waals surface area contributed by atoms with Crippen LogP contribution in [0.2, 0.25) is 0 Å². The maximum atomic E-state index is 11.9. The molecule has 2 aromatic rings. The lowest BCUT2D eigenvalue weighted by molar-refractivity contribution is 0.0215. The number of fused-ring (bicyclic) bond motifs is 1. The van der Waals surface area contributed by atoms with Crippen LogP contribution in [0.3, 0.4) is 0 Å². The van der Waals surface area contributed by atoms with E-state index >= 15 is 0 Å². The number of alkyl halides is 2. The summed E-state index contributed by atoms with van der Waals surface area (Å²) in [5.41, 5.74) is 3.11. The second-order valence-corrected chi connectivity index (χ2v) is 3.95. The fourth-order valence-corrected chi connectivity index (χ4v) is 1.69. The van der Waals surface area contributed by atoms with Crippen molar-refractivity contribution in [1.29, 1.82) is 0 Å². The highest BCUT2D eigenvalue weighted by Crippen LogP contribution is 2.21. The van der Waals surface area contributed by atoms with Gasteiger partial charge in [0.05, 0.1) is 12.1 Å². The molecule has 0 spiro atoms. The molecule has 0 aliphatic carbocycles. The molecule has 1 aromatic heterocycles. The third-order valence-corrected chi connectivity index (χ3v) is 2.52. The summed E-state index contributed by atoms with van der Waals surface area (Å²) in [4.78, 5) is 8.39. The number of halogens is 2. The van der Waals surface area contributed by atoms with Crippen LogP contribution in [0.25, 0.3) is 10.9 Å². The third kappa shape index (κ3) is 3.72. The number of hydrazine groups is 1. The number of benzene rings is 1. The first kappa shape index (κ1) is 14.4. The number of ether oxygens (including phenoxy) is 1. The summed E-state index contributed by atoms with van der Waals surface area (Å²) in [6.45, 7) is -0.0480. The van der Waals surface area contributed by atoms with E-state index in [1.54, 1.807) is 0 Å². The molecule has 0 saturated heterocycles. The van der Waals surface area contributed by atoms with Crippen molar-refractivity contribution in [2.24, 2.45) is 5.84 Å². The van der Waals surface area contributed by atoms with Gasteiger partial charge >= 0.3 is 0 Å². The van der Waals surface area contributed by atoms with E-state index in [4.69, 9.17) is 10.6 Å². The molecule has 108 valence electrons. The molecule has 0 aliphatic heterocycles. The number of hydrogen-bond acceptors (Lipinski definition) is 6. The molecule has 1 heterocycles. The van der Waals surface area contributed by atoms with Gasteiger partial charge < -0.3 is 10.1 Å². The van der Waals surface area contributed by atoms with Crippen molar-refractivity contribution in [3.8, 4) is 0 Å². The quantitative estimate of drug-likeness (QED) is 0.407. The Kier molecular flexibility index (Phi) is 4.97. The standard InChI is InChI=1S/C12H15F2N5O/c13-10(14)7-20-6-5-16-11-8-3-1-2-4-9(8)17-12(18-11)19-15/h1-4,10H,5-7,15H2,(H2,16,17,18,19). The van der Waals surface area contributed by atoms with Gasteiger partial charge in [-0.05, 0) is 12.1 Å². The summed E-state index contributed by atoms with van der Waals surface area (Å²) in [6.07, 6.45) is -2.46. The normalized spacial score (nSPS) is 11.0. The van der Waals surface area contributed by atoms with Gasteiger partial charge in [0, 0.05) is 11.9 Å². The fourth-order valence-electron chi connectivity index (χ4n) is 1.69. The van der Waals surface area contributed by atoms with Crippen LogP contribution in [0.15, 0.2) is 24.3 Å². The van der Waals surface area contributed by atoms with Crippen molar-refractivity contribution in [2.45, 2.75) is 6.43 Å². The first-order valence-corrected chi connectivity index (χ1v) is 6.04. The zero-order valence-corrected chi connectivity index (χ0v) is 10.6. The zero-order valence-electron chi connectivity index (χ0n) is 10.6. The summed E-state index contributed by atoms with van der Waals surface area (Å²) in [5.74, 6) is 6.16. The second kappa shape index (κ2) is 6.92. The number of rotatable bonds is 7. The molecule has 6 nitrogen and oxygen atoms in total. The summed E-state index contributed by atoms with van der Waals surface area (Å²) >= 11 is 0. The van der Waals surface area contributed by atoms with Gasteiger partial charge in [-0.15, -0.1) is 0 Å². The Morgan fingerprint density at radius 2 is 2.05 bits per heavy atom. The first-order valence-electron chi connectivity index (χ1n) is 6.04. The predicted molar refractivity (Wildman–Crippen MR) is 72.7 cm³/mol. The van der Waals surface area contributed by atoms with Gasteiger partial charge in [0.1, 0.15) is 12.4 Å². The first-order chi connectivity index (χ1) is 9.70. The van der Waals surface area contributed by atoms with E-state index in [2.05, 4.69) is 20.7 Å². The average molecular weight is 283 g/mol. The third-order valence-electron chi connectivity index (χ3n) is 2.52. The maximum absolute atomic E-state index is 11.9.